The second-order valence-electron chi connectivity index (χ2n) is 5.87. The smallest absolute Gasteiger partial charge is 0.175 e. The highest BCUT2D eigenvalue weighted by molar-refractivity contribution is 7.90. The van der Waals surface area contributed by atoms with Crippen LogP contribution in [0.4, 0.5) is 0 Å². The lowest BCUT2D eigenvalue weighted by Crippen LogP contribution is -2.17. The average Bonchev–Trinajstić information content (AvgIpc) is 3.06. The number of aromatic nitrogens is 1. The summed E-state index contributed by atoms with van der Waals surface area (Å²) in [6, 6.07) is 8.75. The first-order valence-electron chi connectivity index (χ1n) is 7.85. The van der Waals surface area contributed by atoms with Crippen LogP contribution in [0.3, 0.4) is 0 Å². The molecule has 0 spiro atoms. The summed E-state index contributed by atoms with van der Waals surface area (Å²) in [5.74, 6) is 1.04. The Hall–Kier alpha value is -2.18. The van der Waals surface area contributed by atoms with Gasteiger partial charge in [0, 0.05) is 18.5 Å². The highest BCUT2D eigenvalue weighted by atomic mass is 32.2. The van der Waals surface area contributed by atoms with Crippen molar-refractivity contribution >= 4 is 15.9 Å². The Balaban J connectivity index is 1.75. The molecule has 1 atom stereocenters. The molecule has 2 heterocycles. The summed E-state index contributed by atoms with van der Waals surface area (Å²) in [7, 11) is -3.26. The zero-order valence-corrected chi connectivity index (χ0v) is 14.3. The fraction of sp³-hybridized carbons (Fsp3) is 0.278. The summed E-state index contributed by atoms with van der Waals surface area (Å²) in [5.41, 5.74) is 0.945. The van der Waals surface area contributed by atoms with E-state index in [-0.39, 0.29) is 4.90 Å². The Bertz CT molecular complexity index is 841. The molecule has 1 aromatic carbocycles. The number of sulfone groups is 1. The fourth-order valence-electron chi connectivity index (χ4n) is 2.59. The third-order valence-electron chi connectivity index (χ3n) is 3.82. The molecule has 0 amide bonds. The van der Waals surface area contributed by atoms with Crippen LogP contribution in [0.15, 0.2) is 53.7 Å². The molecule has 3 rings (SSSR count). The largest absolute Gasteiger partial charge is 0.456 e. The van der Waals surface area contributed by atoms with Crippen molar-refractivity contribution in [2.75, 3.05) is 12.8 Å². The van der Waals surface area contributed by atoms with Gasteiger partial charge in [0.2, 0.25) is 0 Å². The maximum atomic E-state index is 11.6. The van der Waals surface area contributed by atoms with Crippen molar-refractivity contribution < 1.29 is 13.2 Å². The summed E-state index contributed by atoms with van der Waals surface area (Å²) in [4.78, 5) is 4.42. The van der Waals surface area contributed by atoms with Gasteiger partial charge in [-0.1, -0.05) is 18.2 Å². The lowest BCUT2D eigenvalue weighted by Gasteiger charge is -2.07. The van der Waals surface area contributed by atoms with Crippen molar-refractivity contribution in [1.29, 1.82) is 0 Å². The zero-order valence-electron chi connectivity index (χ0n) is 13.5. The molecule has 5 nitrogen and oxygen atoms in total. The highest BCUT2D eigenvalue weighted by Crippen LogP contribution is 2.24. The van der Waals surface area contributed by atoms with Crippen LogP contribution in [-0.4, -0.2) is 32.2 Å². The normalized spacial score (nSPS) is 18.1. The molecule has 0 saturated carbocycles. The molecule has 126 valence electrons. The molecule has 6 heteroatoms. The molecule has 1 fully saturated rings. The van der Waals surface area contributed by atoms with Gasteiger partial charge in [-0.15, -0.1) is 0 Å². The summed E-state index contributed by atoms with van der Waals surface area (Å²) < 4.78 is 29.0. The van der Waals surface area contributed by atoms with Crippen molar-refractivity contribution in [2.24, 2.45) is 0 Å². The fourth-order valence-corrected chi connectivity index (χ4v) is 3.25. The van der Waals surface area contributed by atoms with E-state index in [1.54, 1.807) is 30.6 Å². The third kappa shape index (κ3) is 4.43. The predicted octanol–water partition coefficient (Wildman–Crippen LogP) is 3.04. The first kappa shape index (κ1) is 16.7. The van der Waals surface area contributed by atoms with Crippen LogP contribution in [-0.2, 0) is 9.84 Å². The van der Waals surface area contributed by atoms with Crippen molar-refractivity contribution in [3.63, 3.8) is 0 Å². The van der Waals surface area contributed by atoms with E-state index < -0.39 is 9.84 Å². The van der Waals surface area contributed by atoms with Crippen LogP contribution in [0, 0.1) is 0 Å². The number of pyridine rings is 1. The van der Waals surface area contributed by atoms with Crippen LogP contribution >= 0.6 is 0 Å². The molecule has 1 unspecified atom stereocenters. The Morgan fingerprint density at radius 2 is 2.12 bits per heavy atom. The van der Waals surface area contributed by atoms with Gasteiger partial charge in [0.1, 0.15) is 11.5 Å². The molecule has 2 aromatic rings. The van der Waals surface area contributed by atoms with E-state index in [4.69, 9.17) is 4.74 Å². The first-order chi connectivity index (χ1) is 11.5. The summed E-state index contributed by atoms with van der Waals surface area (Å²) in [6.07, 6.45) is 11.1. The maximum absolute atomic E-state index is 11.6. The van der Waals surface area contributed by atoms with Crippen molar-refractivity contribution in [2.45, 2.75) is 23.8 Å². The van der Waals surface area contributed by atoms with Gasteiger partial charge in [-0.3, -0.25) is 4.98 Å². The standard InChI is InChI=1S/C18H20N2O3S/c1-24(21,22)18-6-2-5-16(11-18)23-17-10-14(12-19-13-17)7-8-15-4-3-9-20-15/h2,5-8,10-13,15,20H,3-4,9H2,1H3. The first-order valence-corrected chi connectivity index (χ1v) is 9.74. The van der Waals surface area contributed by atoms with E-state index in [0.717, 1.165) is 18.5 Å². The lowest BCUT2D eigenvalue weighted by atomic mass is 10.2. The predicted molar refractivity (Wildman–Crippen MR) is 93.9 cm³/mol. The van der Waals surface area contributed by atoms with Crippen LogP contribution in [0.2, 0.25) is 0 Å². The second kappa shape index (κ2) is 7.15. The van der Waals surface area contributed by atoms with Gasteiger partial charge in [-0.2, -0.15) is 0 Å². The molecule has 1 N–H and O–H groups in total. The molecule has 1 saturated heterocycles. The topological polar surface area (TPSA) is 68.3 Å². The van der Waals surface area contributed by atoms with Gasteiger partial charge in [-0.05, 0) is 49.2 Å². The van der Waals surface area contributed by atoms with Crippen LogP contribution in [0.25, 0.3) is 6.08 Å². The number of ether oxygens (including phenoxy) is 1. The Kier molecular flexibility index (Phi) is 4.97. The number of benzene rings is 1. The van der Waals surface area contributed by atoms with Gasteiger partial charge < -0.3 is 10.1 Å². The monoisotopic (exact) mass is 344 g/mol. The maximum Gasteiger partial charge on any atom is 0.175 e. The number of hydrogen-bond donors (Lipinski definition) is 1. The molecule has 0 aliphatic carbocycles. The summed E-state index contributed by atoms with van der Waals surface area (Å²) in [5, 5.41) is 3.41. The van der Waals surface area contributed by atoms with Crippen LogP contribution in [0.5, 0.6) is 11.5 Å². The van der Waals surface area contributed by atoms with Gasteiger partial charge in [-0.25, -0.2) is 8.42 Å². The van der Waals surface area contributed by atoms with Gasteiger partial charge in [0.25, 0.3) is 0 Å². The van der Waals surface area contributed by atoms with E-state index in [1.165, 1.54) is 18.7 Å². The molecule has 1 aliphatic heterocycles. The summed E-state index contributed by atoms with van der Waals surface area (Å²) in [6.45, 7) is 1.06. The molecule has 24 heavy (non-hydrogen) atoms. The van der Waals surface area contributed by atoms with E-state index in [2.05, 4.69) is 16.4 Å². The Labute approximate surface area is 142 Å². The molecule has 1 aromatic heterocycles. The molecule has 1 aliphatic rings. The minimum absolute atomic E-state index is 0.233. The van der Waals surface area contributed by atoms with Crippen LogP contribution in [0.1, 0.15) is 18.4 Å². The second-order valence-corrected chi connectivity index (χ2v) is 7.88. The van der Waals surface area contributed by atoms with Crippen molar-refractivity contribution in [3.8, 4) is 11.5 Å². The molecule has 0 radical (unpaired) electrons. The average molecular weight is 344 g/mol. The summed E-state index contributed by atoms with van der Waals surface area (Å²) >= 11 is 0. The van der Waals surface area contributed by atoms with E-state index >= 15 is 0 Å². The minimum atomic E-state index is -3.26. The SMILES string of the molecule is CS(=O)(=O)c1cccc(Oc2cncc(C=CC3CCCN3)c2)c1. The third-order valence-corrected chi connectivity index (χ3v) is 4.93. The van der Waals surface area contributed by atoms with Crippen molar-refractivity contribution in [3.05, 3.63) is 54.4 Å². The number of nitrogens with zero attached hydrogens (tertiary/aromatic N) is 1. The highest BCUT2D eigenvalue weighted by Gasteiger charge is 2.10. The Morgan fingerprint density at radius 1 is 1.25 bits per heavy atom. The van der Waals surface area contributed by atoms with Crippen LogP contribution < -0.4 is 10.1 Å². The zero-order chi connectivity index (χ0) is 17.0. The van der Waals surface area contributed by atoms with Crippen molar-refractivity contribution in [1.82, 2.24) is 10.3 Å². The van der Waals surface area contributed by atoms with E-state index in [0.29, 0.717) is 17.5 Å². The number of hydrogen-bond acceptors (Lipinski definition) is 5. The van der Waals surface area contributed by atoms with E-state index in [9.17, 15) is 8.42 Å². The Morgan fingerprint density at radius 3 is 2.88 bits per heavy atom. The lowest BCUT2D eigenvalue weighted by molar-refractivity contribution is 0.478. The van der Waals surface area contributed by atoms with Gasteiger partial charge >= 0.3 is 0 Å². The van der Waals surface area contributed by atoms with E-state index in [1.807, 2.05) is 12.1 Å². The molecular weight excluding hydrogens is 324 g/mol. The number of nitrogens with one attached hydrogen (secondary N) is 1. The minimum Gasteiger partial charge on any atom is -0.456 e. The molecular formula is C18H20N2O3S. The molecule has 0 bridgehead atoms. The quantitative estimate of drug-likeness (QED) is 0.903. The number of rotatable bonds is 5. The van der Waals surface area contributed by atoms with Gasteiger partial charge in [0.15, 0.2) is 9.84 Å². The van der Waals surface area contributed by atoms with Gasteiger partial charge in [0.05, 0.1) is 11.1 Å².